The summed E-state index contributed by atoms with van der Waals surface area (Å²) in [4.78, 5) is 4.34. The van der Waals surface area contributed by atoms with Crippen molar-refractivity contribution in [3.8, 4) is 6.07 Å². The van der Waals surface area contributed by atoms with Crippen molar-refractivity contribution in [3.05, 3.63) is 58.8 Å². The number of fused-ring (bicyclic) bond motifs is 1. The van der Waals surface area contributed by atoms with Crippen LogP contribution in [0.15, 0.2) is 36.4 Å². The van der Waals surface area contributed by atoms with E-state index in [0.717, 1.165) is 24.3 Å². The Balaban J connectivity index is 1.71. The molecule has 1 aliphatic carbocycles. The molecule has 0 saturated heterocycles. The van der Waals surface area contributed by atoms with E-state index in [0.29, 0.717) is 11.6 Å². The van der Waals surface area contributed by atoms with Crippen molar-refractivity contribution >= 4 is 5.82 Å². The molecule has 1 unspecified atom stereocenters. The van der Waals surface area contributed by atoms with Crippen molar-refractivity contribution in [2.24, 2.45) is 0 Å². The van der Waals surface area contributed by atoms with E-state index in [1.807, 2.05) is 19.1 Å². The van der Waals surface area contributed by atoms with Gasteiger partial charge in [0.05, 0.1) is 0 Å². The van der Waals surface area contributed by atoms with E-state index in [-0.39, 0.29) is 0 Å². The molecule has 1 aromatic carbocycles. The van der Waals surface area contributed by atoms with Gasteiger partial charge >= 0.3 is 0 Å². The average Bonchev–Trinajstić information content (AvgIpc) is 2.90. The highest BCUT2D eigenvalue weighted by Gasteiger charge is 2.21. The minimum atomic E-state index is 0.502. The first-order valence-corrected chi connectivity index (χ1v) is 6.97. The minimum absolute atomic E-state index is 0.502. The molecule has 20 heavy (non-hydrogen) atoms. The summed E-state index contributed by atoms with van der Waals surface area (Å²) in [6, 6.07) is 14.7. The highest BCUT2D eigenvalue weighted by atomic mass is 15.0. The number of nitriles is 1. The van der Waals surface area contributed by atoms with E-state index in [1.165, 1.54) is 17.5 Å². The molecular formula is C17H17N3. The molecular weight excluding hydrogens is 246 g/mol. The average molecular weight is 263 g/mol. The van der Waals surface area contributed by atoms with E-state index in [1.54, 1.807) is 0 Å². The maximum absolute atomic E-state index is 9.01. The highest BCUT2D eigenvalue weighted by Crippen LogP contribution is 2.32. The monoisotopic (exact) mass is 263 g/mol. The Bertz CT molecular complexity index is 670. The third-order valence-corrected chi connectivity index (χ3v) is 3.99. The van der Waals surface area contributed by atoms with E-state index in [4.69, 9.17) is 5.26 Å². The molecule has 3 nitrogen and oxygen atoms in total. The first kappa shape index (κ1) is 12.7. The predicted molar refractivity (Wildman–Crippen MR) is 79.7 cm³/mol. The van der Waals surface area contributed by atoms with Gasteiger partial charge in [0.1, 0.15) is 17.6 Å². The van der Waals surface area contributed by atoms with Crippen molar-refractivity contribution < 1.29 is 0 Å². The number of rotatable bonds is 3. The van der Waals surface area contributed by atoms with Crippen LogP contribution < -0.4 is 5.32 Å². The molecule has 3 heteroatoms. The van der Waals surface area contributed by atoms with E-state index < -0.39 is 0 Å². The van der Waals surface area contributed by atoms with Gasteiger partial charge < -0.3 is 5.32 Å². The molecule has 100 valence electrons. The molecule has 1 N–H and O–H groups in total. The standard InChI is InChI=1S/C17H17N3/c1-12-6-9-17(20-16(12)10-18)19-11-14-8-7-13-4-2-3-5-15(13)14/h2-6,9,14H,7-8,11H2,1H3,(H,19,20). The van der Waals surface area contributed by atoms with Gasteiger partial charge in [-0.3, -0.25) is 0 Å². The number of nitrogens with one attached hydrogen (secondary N) is 1. The molecule has 1 aliphatic rings. The van der Waals surface area contributed by atoms with Gasteiger partial charge in [-0.25, -0.2) is 4.98 Å². The summed E-state index contributed by atoms with van der Waals surface area (Å²) in [6.45, 7) is 2.78. The number of anilines is 1. The molecule has 0 fully saturated rings. The Hall–Kier alpha value is -2.34. The lowest BCUT2D eigenvalue weighted by atomic mass is 10.0. The normalized spacial score (nSPS) is 16.5. The third-order valence-electron chi connectivity index (χ3n) is 3.99. The van der Waals surface area contributed by atoms with Crippen LogP contribution >= 0.6 is 0 Å². The molecule has 0 radical (unpaired) electrons. The van der Waals surface area contributed by atoms with E-state index >= 15 is 0 Å². The lowest BCUT2D eigenvalue weighted by molar-refractivity contribution is 0.707. The Morgan fingerprint density at radius 3 is 3.00 bits per heavy atom. The molecule has 3 rings (SSSR count). The predicted octanol–water partition coefficient (Wildman–Crippen LogP) is 3.40. The summed E-state index contributed by atoms with van der Waals surface area (Å²) in [6.07, 6.45) is 2.34. The van der Waals surface area contributed by atoms with Gasteiger partial charge in [0, 0.05) is 12.5 Å². The molecule has 0 bridgehead atoms. The number of aryl methyl sites for hydroxylation is 2. The Morgan fingerprint density at radius 1 is 1.30 bits per heavy atom. The first-order chi connectivity index (χ1) is 9.78. The first-order valence-electron chi connectivity index (χ1n) is 6.97. The number of benzene rings is 1. The molecule has 1 heterocycles. The molecule has 2 aromatic rings. The molecule has 1 atom stereocenters. The van der Waals surface area contributed by atoms with Crippen LogP contribution in [0.1, 0.15) is 34.7 Å². The fourth-order valence-corrected chi connectivity index (χ4v) is 2.83. The summed E-state index contributed by atoms with van der Waals surface area (Å²) in [5, 5.41) is 12.4. The highest BCUT2D eigenvalue weighted by molar-refractivity contribution is 5.44. The van der Waals surface area contributed by atoms with E-state index in [2.05, 4.69) is 40.6 Å². The van der Waals surface area contributed by atoms with Crippen molar-refractivity contribution in [1.82, 2.24) is 4.98 Å². The van der Waals surface area contributed by atoms with Crippen LogP contribution in [0.3, 0.4) is 0 Å². The maximum atomic E-state index is 9.01. The summed E-state index contributed by atoms with van der Waals surface area (Å²) in [7, 11) is 0. The largest absolute Gasteiger partial charge is 0.369 e. The topological polar surface area (TPSA) is 48.7 Å². The van der Waals surface area contributed by atoms with Gasteiger partial charge in [0.25, 0.3) is 0 Å². The fraction of sp³-hybridized carbons (Fsp3) is 0.294. The molecule has 0 amide bonds. The van der Waals surface area contributed by atoms with Crippen molar-refractivity contribution in [2.45, 2.75) is 25.7 Å². The number of aromatic nitrogens is 1. The van der Waals surface area contributed by atoms with Crippen LogP contribution in [0.5, 0.6) is 0 Å². The lowest BCUT2D eigenvalue weighted by Gasteiger charge is -2.13. The second kappa shape index (κ2) is 5.34. The molecule has 1 aromatic heterocycles. The van der Waals surface area contributed by atoms with Gasteiger partial charge in [-0.2, -0.15) is 5.26 Å². The number of nitrogens with zero attached hydrogens (tertiary/aromatic N) is 2. The SMILES string of the molecule is Cc1ccc(NCC2CCc3ccccc32)nc1C#N. The molecule has 0 aliphatic heterocycles. The Labute approximate surface area is 119 Å². The number of pyridine rings is 1. The second-order valence-electron chi connectivity index (χ2n) is 5.29. The molecule has 0 saturated carbocycles. The Kier molecular flexibility index (Phi) is 3.39. The van der Waals surface area contributed by atoms with Gasteiger partial charge in [0.2, 0.25) is 0 Å². The summed E-state index contributed by atoms with van der Waals surface area (Å²) in [5.41, 5.74) is 4.34. The summed E-state index contributed by atoms with van der Waals surface area (Å²) < 4.78 is 0. The Morgan fingerprint density at radius 2 is 2.15 bits per heavy atom. The van der Waals surface area contributed by atoms with Crippen LogP contribution in [-0.2, 0) is 6.42 Å². The van der Waals surface area contributed by atoms with Gasteiger partial charge in [-0.05, 0) is 42.5 Å². The van der Waals surface area contributed by atoms with Crippen LogP contribution in [0, 0.1) is 18.3 Å². The second-order valence-corrected chi connectivity index (χ2v) is 5.29. The summed E-state index contributed by atoms with van der Waals surface area (Å²) >= 11 is 0. The van der Waals surface area contributed by atoms with Crippen LogP contribution in [0.2, 0.25) is 0 Å². The van der Waals surface area contributed by atoms with Crippen LogP contribution in [0.25, 0.3) is 0 Å². The smallest absolute Gasteiger partial charge is 0.145 e. The fourth-order valence-electron chi connectivity index (χ4n) is 2.83. The van der Waals surface area contributed by atoms with Crippen LogP contribution in [0.4, 0.5) is 5.82 Å². The zero-order valence-electron chi connectivity index (χ0n) is 11.6. The lowest BCUT2D eigenvalue weighted by Crippen LogP contribution is -2.11. The minimum Gasteiger partial charge on any atom is -0.369 e. The van der Waals surface area contributed by atoms with Gasteiger partial charge in [-0.15, -0.1) is 0 Å². The van der Waals surface area contributed by atoms with E-state index in [9.17, 15) is 0 Å². The van der Waals surface area contributed by atoms with Gasteiger partial charge in [-0.1, -0.05) is 30.3 Å². The van der Waals surface area contributed by atoms with Crippen molar-refractivity contribution in [1.29, 1.82) is 5.26 Å². The number of hydrogen-bond donors (Lipinski definition) is 1. The van der Waals surface area contributed by atoms with Crippen LogP contribution in [-0.4, -0.2) is 11.5 Å². The van der Waals surface area contributed by atoms with Crippen molar-refractivity contribution in [3.63, 3.8) is 0 Å². The summed E-state index contributed by atoms with van der Waals surface area (Å²) in [5.74, 6) is 1.33. The van der Waals surface area contributed by atoms with Gasteiger partial charge in [0.15, 0.2) is 0 Å². The quantitative estimate of drug-likeness (QED) is 0.923. The zero-order chi connectivity index (χ0) is 13.9. The van der Waals surface area contributed by atoms with Crippen molar-refractivity contribution in [2.75, 3.05) is 11.9 Å². The maximum Gasteiger partial charge on any atom is 0.145 e. The zero-order valence-corrected chi connectivity index (χ0v) is 11.6. The number of hydrogen-bond acceptors (Lipinski definition) is 3. The third kappa shape index (κ3) is 2.37. The molecule has 0 spiro atoms.